The first kappa shape index (κ1) is 21.5. The topological polar surface area (TPSA) is 86.1 Å². The van der Waals surface area contributed by atoms with E-state index in [1.54, 1.807) is 36.6 Å². The molecule has 2 aromatic carbocycles. The highest BCUT2D eigenvalue weighted by molar-refractivity contribution is 7.13. The molecule has 1 unspecified atom stereocenters. The second-order valence-electron chi connectivity index (χ2n) is 7.36. The predicted molar refractivity (Wildman–Crippen MR) is 110 cm³/mol. The molecule has 1 fully saturated rings. The monoisotopic (exact) mass is 456 g/mol. The molecule has 3 amide bonds. The number of aromatic nitrogens is 1. The Balaban J connectivity index is 1.54. The molecule has 0 aliphatic carbocycles. The van der Waals surface area contributed by atoms with E-state index in [1.165, 1.54) is 23.5 Å². The first-order valence-electron chi connectivity index (χ1n) is 9.38. The molecule has 1 saturated heterocycles. The van der Waals surface area contributed by atoms with Crippen molar-refractivity contribution in [2.45, 2.75) is 25.2 Å². The second-order valence-corrected chi connectivity index (χ2v) is 8.22. The van der Waals surface area contributed by atoms with E-state index >= 15 is 0 Å². The van der Waals surface area contributed by atoms with E-state index in [2.05, 4.69) is 10.3 Å². The molecule has 1 atom stereocenters. The largest absolute Gasteiger partial charge is 0.416 e. The van der Waals surface area contributed by atoms with Gasteiger partial charge in [0.15, 0.2) is 0 Å². The number of nitrogens with zero attached hydrogens (tertiary/aromatic N) is 3. The number of urea groups is 1. The van der Waals surface area contributed by atoms with Crippen LogP contribution in [-0.2, 0) is 23.1 Å². The smallest absolute Gasteiger partial charge is 0.319 e. The Morgan fingerprint density at radius 2 is 1.91 bits per heavy atom. The van der Waals surface area contributed by atoms with Gasteiger partial charge in [-0.2, -0.15) is 18.4 Å². The van der Waals surface area contributed by atoms with E-state index in [1.807, 2.05) is 6.07 Å². The number of alkyl halides is 3. The molecule has 6 nitrogen and oxygen atoms in total. The van der Waals surface area contributed by atoms with Crippen molar-refractivity contribution in [3.8, 4) is 16.6 Å². The number of hydrogen-bond donors (Lipinski definition) is 1. The van der Waals surface area contributed by atoms with Gasteiger partial charge in [0.1, 0.15) is 10.5 Å². The highest BCUT2D eigenvalue weighted by Crippen LogP contribution is 2.33. The van der Waals surface area contributed by atoms with Gasteiger partial charge in [0.2, 0.25) is 0 Å². The van der Waals surface area contributed by atoms with Gasteiger partial charge in [0, 0.05) is 10.9 Å². The maximum absolute atomic E-state index is 13.1. The van der Waals surface area contributed by atoms with Crippen LogP contribution in [0.4, 0.5) is 18.0 Å². The molecule has 0 spiro atoms. The van der Waals surface area contributed by atoms with Crippen LogP contribution >= 0.6 is 11.3 Å². The fourth-order valence-corrected chi connectivity index (χ4v) is 4.23. The number of rotatable bonds is 4. The van der Waals surface area contributed by atoms with Gasteiger partial charge in [-0.25, -0.2) is 9.78 Å². The lowest BCUT2D eigenvalue weighted by molar-refractivity contribution is -0.137. The molecule has 0 bridgehead atoms. The van der Waals surface area contributed by atoms with Crippen LogP contribution < -0.4 is 5.32 Å². The van der Waals surface area contributed by atoms with Crippen LogP contribution in [-0.4, -0.2) is 21.8 Å². The molecule has 3 aromatic rings. The Morgan fingerprint density at radius 3 is 2.56 bits per heavy atom. The second kappa shape index (κ2) is 7.76. The van der Waals surface area contributed by atoms with Crippen LogP contribution in [0.5, 0.6) is 0 Å². The number of hydrogen-bond acceptors (Lipinski definition) is 5. The highest BCUT2D eigenvalue weighted by atomic mass is 32.1. The van der Waals surface area contributed by atoms with E-state index in [9.17, 15) is 22.8 Å². The summed E-state index contributed by atoms with van der Waals surface area (Å²) >= 11 is 1.20. The van der Waals surface area contributed by atoms with Gasteiger partial charge in [-0.3, -0.25) is 9.69 Å². The molecule has 1 aliphatic heterocycles. The molecule has 1 aliphatic rings. The lowest BCUT2D eigenvalue weighted by atomic mass is 9.91. The zero-order valence-electron chi connectivity index (χ0n) is 16.6. The van der Waals surface area contributed by atoms with E-state index in [-0.39, 0.29) is 6.54 Å². The molecule has 162 valence electrons. The van der Waals surface area contributed by atoms with Gasteiger partial charge in [0.25, 0.3) is 5.91 Å². The molecule has 1 N–H and O–H groups in total. The minimum Gasteiger partial charge on any atom is -0.319 e. The number of carbonyl (C=O) groups excluding carboxylic acids is 2. The quantitative estimate of drug-likeness (QED) is 0.579. The summed E-state index contributed by atoms with van der Waals surface area (Å²) in [5.41, 5.74) is -0.285. The van der Waals surface area contributed by atoms with Crippen molar-refractivity contribution in [3.63, 3.8) is 0 Å². The zero-order chi connectivity index (χ0) is 23.1. The minimum absolute atomic E-state index is 0.0880. The van der Waals surface area contributed by atoms with Crippen molar-refractivity contribution in [1.82, 2.24) is 15.2 Å². The van der Waals surface area contributed by atoms with Crippen LogP contribution in [0, 0.1) is 11.3 Å². The summed E-state index contributed by atoms with van der Waals surface area (Å²) < 4.78 is 38.3. The predicted octanol–water partition coefficient (Wildman–Crippen LogP) is 4.67. The third-order valence-electron chi connectivity index (χ3n) is 5.18. The Kier molecular flexibility index (Phi) is 5.22. The number of nitrogens with one attached hydrogen (secondary N) is 1. The number of amides is 3. The van der Waals surface area contributed by atoms with E-state index in [0.29, 0.717) is 27.4 Å². The van der Waals surface area contributed by atoms with E-state index in [4.69, 9.17) is 5.26 Å². The third-order valence-corrected chi connectivity index (χ3v) is 6.12. The number of imide groups is 1. The maximum atomic E-state index is 13.1. The molecule has 10 heteroatoms. The van der Waals surface area contributed by atoms with Gasteiger partial charge in [-0.15, -0.1) is 11.3 Å². The summed E-state index contributed by atoms with van der Waals surface area (Å²) in [6.45, 7) is 1.48. The van der Waals surface area contributed by atoms with Crippen molar-refractivity contribution < 1.29 is 22.8 Å². The van der Waals surface area contributed by atoms with E-state index in [0.717, 1.165) is 17.0 Å². The van der Waals surface area contributed by atoms with Crippen molar-refractivity contribution in [2.24, 2.45) is 0 Å². The van der Waals surface area contributed by atoms with E-state index < -0.39 is 29.2 Å². The van der Waals surface area contributed by atoms with Crippen molar-refractivity contribution in [2.75, 3.05) is 0 Å². The Labute approximate surface area is 184 Å². The van der Waals surface area contributed by atoms with Crippen LogP contribution in [0.3, 0.4) is 0 Å². The summed E-state index contributed by atoms with van der Waals surface area (Å²) in [5, 5.41) is 13.9. The fraction of sp³-hybridized carbons (Fsp3) is 0.182. The van der Waals surface area contributed by atoms with Crippen LogP contribution in [0.15, 0.2) is 53.9 Å². The highest BCUT2D eigenvalue weighted by Gasteiger charge is 2.49. The Bertz CT molecular complexity index is 1250. The summed E-state index contributed by atoms with van der Waals surface area (Å²) in [6.07, 6.45) is -4.42. The maximum Gasteiger partial charge on any atom is 0.416 e. The third kappa shape index (κ3) is 3.83. The molecule has 2 heterocycles. The average molecular weight is 456 g/mol. The number of thiazole rings is 1. The van der Waals surface area contributed by atoms with Gasteiger partial charge >= 0.3 is 12.2 Å². The standard InChI is InChI=1S/C22H15F3N4O2S/c1-21(16-4-2-3-13(9-16)10-26)19(30)29(20(31)28-21)11-17-12-32-18(27-17)14-5-7-15(8-6-14)22(23,24)25/h2-9,12H,11H2,1H3,(H,28,31). The van der Waals surface area contributed by atoms with Crippen LogP contribution in [0.1, 0.15) is 29.3 Å². The summed E-state index contributed by atoms with van der Waals surface area (Å²) in [5.74, 6) is -0.485. The summed E-state index contributed by atoms with van der Waals surface area (Å²) in [6, 6.07) is 12.5. The number of carbonyl (C=O) groups is 2. The Hall–Kier alpha value is -3.71. The van der Waals surface area contributed by atoms with Crippen molar-refractivity contribution in [3.05, 3.63) is 76.3 Å². The first-order valence-corrected chi connectivity index (χ1v) is 10.3. The number of nitriles is 1. The molecule has 0 saturated carbocycles. The average Bonchev–Trinajstić information content (AvgIpc) is 3.32. The normalized spacial score (nSPS) is 18.5. The van der Waals surface area contributed by atoms with Crippen LogP contribution in [0.25, 0.3) is 10.6 Å². The number of benzene rings is 2. The number of halogens is 3. The molecule has 4 rings (SSSR count). The minimum atomic E-state index is -4.42. The zero-order valence-corrected chi connectivity index (χ0v) is 17.4. The lowest BCUT2D eigenvalue weighted by Crippen LogP contribution is -2.40. The summed E-state index contributed by atoms with van der Waals surface area (Å²) in [7, 11) is 0. The Morgan fingerprint density at radius 1 is 1.19 bits per heavy atom. The molecular weight excluding hydrogens is 441 g/mol. The van der Waals surface area contributed by atoms with Gasteiger partial charge in [0.05, 0.1) is 29.4 Å². The lowest BCUT2D eigenvalue weighted by Gasteiger charge is -2.22. The summed E-state index contributed by atoms with van der Waals surface area (Å²) in [4.78, 5) is 31.0. The fourth-order valence-electron chi connectivity index (χ4n) is 3.41. The molecule has 0 radical (unpaired) electrons. The molecular formula is C22H15F3N4O2S. The van der Waals surface area contributed by atoms with Gasteiger partial charge in [-0.1, -0.05) is 24.3 Å². The molecule has 1 aromatic heterocycles. The first-order chi connectivity index (χ1) is 15.1. The SMILES string of the molecule is CC1(c2cccc(C#N)c2)NC(=O)N(Cc2csc(-c3ccc(C(F)(F)F)cc3)n2)C1=O. The van der Waals surface area contributed by atoms with Crippen molar-refractivity contribution >= 4 is 23.3 Å². The molecule has 32 heavy (non-hydrogen) atoms. The van der Waals surface area contributed by atoms with Crippen molar-refractivity contribution in [1.29, 1.82) is 5.26 Å². The van der Waals surface area contributed by atoms with Gasteiger partial charge in [-0.05, 0) is 36.8 Å². The van der Waals surface area contributed by atoms with Crippen LogP contribution in [0.2, 0.25) is 0 Å². The van der Waals surface area contributed by atoms with Gasteiger partial charge < -0.3 is 5.32 Å².